The minimum Gasteiger partial charge on any atom is -0.496 e. The topological polar surface area (TPSA) is 21.3 Å². The molecular formula is C17H23NOS. The molecule has 0 aliphatic rings. The Balaban J connectivity index is 2.21. The Hall–Kier alpha value is -1.32. The minimum absolute atomic E-state index is 0.359. The van der Waals surface area contributed by atoms with Gasteiger partial charge < -0.3 is 10.1 Å². The predicted octanol–water partition coefficient (Wildman–Crippen LogP) is 4.35. The molecule has 2 aromatic rings. The van der Waals surface area contributed by atoms with Crippen LogP contribution in [0.2, 0.25) is 0 Å². The fraction of sp³-hybridized carbons (Fsp3) is 0.412. The Bertz CT molecular complexity index is 535. The molecule has 1 atom stereocenters. The number of rotatable bonds is 7. The van der Waals surface area contributed by atoms with Gasteiger partial charge in [-0.3, -0.25) is 0 Å². The molecule has 1 heterocycles. The van der Waals surface area contributed by atoms with Gasteiger partial charge in [0.1, 0.15) is 5.75 Å². The van der Waals surface area contributed by atoms with E-state index in [1.165, 1.54) is 16.7 Å². The monoisotopic (exact) mass is 289 g/mol. The van der Waals surface area contributed by atoms with Crippen molar-refractivity contribution in [2.24, 2.45) is 0 Å². The Morgan fingerprint density at radius 1 is 1.25 bits per heavy atom. The lowest BCUT2D eigenvalue weighted by molar-refractivity contribution is 0.405. The largest absolute Gasteiger partial charge is 0.496 e. The predicted molar refractivity (Wildman–Crippen MR) is 86.8 cm³/mol. The van der Waals surface area contributed by atoms with Gasteiger partial charge in [0.05, 0.1) is 7.11 Å². The number of hydrogen-bond donors (Lipinski definition) is 1. The van der Waals surface area contributed by atoms with Gasteiger partial charge in [-0.1, -0.05) is 25.1 Å². The third-order valence-corrected chi connectivity index (χ3v) is 4.41. The molecule has 0 radical (unpaired) electrons. The molecule has 0 saturated carbocycles. The molecule has 20 heavy (non-hydrogen) atoms. The van der Waals surface area contributed by atoms with E-state index < -0.39 is 0 Å². The highest BCUT2D eigenvalue weighted by Gasteiger charge is 2.16. The lowest BCUT2D eigenvalue weighted by Gasteiger charge is -2.20. The van der Waals surface area contributed by atoms with Crippen molar-refractivity contribution in [2.75, 3.05) is 13.7 Å². The number of methoxy groups -OCH3 is 1. The maximum absolute atomic E-state index is 5.47. The van der Waals surface area contributed by atoms with Crippen LogP contribution in [0.4, 0.5) is 0 Å². The van der Waals surface area contributed by atoms with Gasteiger partial charge in [0.25, 0.3) is 0 Å². The first-order valence-electron chi connectivity index (χ1n) is 7.14. The highest BCUT2D eigenvalue weighted by molar-refractivity contribution is 7.08. The molecule has 0 bridgehead atoms. The lowest BCUT2D eigenvalue weighted by atomic mass is 9.98. The zero-order valence-electron chi connectivity index (χ0n) is 12.5. The fourth-order valence-electron chi connectivity index (χ4n) is 2.43. The van der Waals surface area contributed by atoms with Crippen LogP contribution in [0.25, 0.3) is 0 Å². The van der Waals surface area contributed by atoms with Crippen molar-refractivity contribution >= 4 is 11.3 Å². The Morgan fingerprint density at radius 2 is 2.05 bits per heavy atom. The van der Waals surface area contributed by atoms with Crippen LogP contribution in [0.1, 0.15) is 36.1 Å². The van der Waals surface area contributed by atoms with E-state index in [4.69, 9.17) is 4.74 Å². The summed E-state index contributed by atoms with van der Waals surface area (Å²) in [6.45, 7) is 5.43. The molecule has 108 valence electrons. The van der Waals surface area contributed by atoms with E-state index in [9.17, 15) is 0 Å². The number of para-hydroxylation sites is 1. The molecule has 0 aliphatic heterocycles. The summed E-state index contributed by atoms with van der Waals surface area (Å²) in [6.07, 6.45) is 2.10. The lowest BCUT2D eigenvalue weighted by Crippen LogP contribution is -2.24. The molecular weight excluding hydrogens is 266 g/mol. The van der Waals surface area contributed by atoms with Crippen molar-refractivity contribution in [1.82, 2.24) is 5.32 Å². The zero-order chi connectivity index (χ0) is 14.4. The number of hydrogen-bond acceptors (Lipinski definition) is 3. The van der Waals surface area contributed by atoms with Crippen LogP contribution in [0, 0.1) is 6.92 Å². The summed E-state index contributed by atoms with van der Waals surface area (Å²) in [5, 5.41) is 8.15. The molecule has 0 spiro atoms. The van der Waals surface area contributed by atoms with Gasteiger partial charge in [0.15, 0.2) is 0 Å². The second kappa shape index (κ2) is 7.46. The summed E-state index contributed by atoms with van der Waals surface area (Å²) in [5.74, 6) is 0.976. The Morgan fingerprint density at radius 3 is 2.70 bits per heavy atom. The smallest absolute Gasteiger partial charge is 0.122 e. The molecule has 1 unspecified atom stereocenters. The van der Waals surface area contributed by atoms with Crippen LogP contribution < -0.4 is 10.1 Å². The van der Waals surface area contributed by atoms with Crippen LogP contribution in [0.5, 0.6) is 5.75 Å². The molecule has 0 fully saturated rings. The van der Waals surface area contributed by atoms with Crippen molar-refractivity contribution in [1.29, 1.82) is 0 Å². The van der Waals surface area contributed by atoms with Crippen LogP contribution in [0.15, 0.2) is 35.0 Å². The summed E-state index contributed by atoms with van der Waals surface area (Å²) in [7, 11) is 1.74. The van der Waals surface area contributed by atoms with E-state index in [0.29, 0.717) is 6.04 Å². The molecule has 2 rings (SSSR count). The number of benzene rings is 1. The SMILES string of the molecule is CCCNC(Cc1ccccc1OC)c1cscc1C. The van der Waals surface area contributed by atoms with E-state index in [1.54, 1.807) is 18.4 Å². The minimum atomic E-state index is 0.359. The maximum atomic E-state index is 5.47. The van der Waals surface area contributed by atoms with Crippen molar-refractivity contribution in [3.05, 3.63) is 51.7 Å². The summed E-state index contributed by atoms with van der Waals surface area (Å²) < 4.78 is 5.47. The van der Waals surface area contributed by atoms with Gasteiger partial charge in [0, 0.05) is 6.04 Å². The zero-order valence-corrected chi connectivity index (χ0v) is 13.3. The first kappa shape index (κ1) is 15.1. The second-order valence-electron chi connectivity index (χ2n) is 5.03. The number of aryl methyl sites for hydroxylation is 1. The average Bonchev–Trinajstić information content (AvgIpc) is 2.90. The number of nitrogens with one attached hydrogen (secondary N) is 1. The van der Waals surface area contributed by atoms with Crippen molar-refractivity contribution in [3.8, 4) is 5.75 Å². The Labute approximate surface area is 125 Å². The number of ether oxygens (including phenoxy) is 1. The molecule has 1 aromatic carbocycles. The normalized spacial score (nSPS) is 12.3. The number of thiophene rings is 1. The third kappa shape index (κ3) is 3.62. The molecule has 0 amide bonds. The van der Waals surface area contributed by atoms with Gasteiger partial charge in [-0.2, -0.15) is 11.3 Å². The van der Waals surface area contributed by atoms with Crippen molar-refractivity contribution < 1.29 is 4.74 Å². The molecule has 3 heteroatoms. The van der Waals surface area contributed by atoms with Gasteiger partial charge >= 0.3 is 0 Å². The van der Waals surface area contributed by atoms with Crippen LogP contribution in [-0.2, 0) is 6.42 Å². The summed E-state index contributed by atoms with van der Waals surface area (Å²) in [4.78, 5) is 0. The third-order valence-electron chi connectivity index (χ3n) is 3.53. The fourth-order valence-corrected chi connectivity index (χ4v) is 3.33. The van der Waals surface area contributed by atoms with Crippen LogP contribution >= 0.6 is 11.3 Å². The summed E-state index contributed by atoms with van der Waals surface area (Å²) in [5.41, 5.74) is 4.04. The molecule has 0 aliphatic carbocycles. The van der Waals surface area contributed by atoms with Gasteiger partial charge in [-0.05, 0) is 59.8 Å². The van der Waals surface area contributed by atoms with Crippen LogP contribution in [0.3, 0.4) is 0 Å². The first-order chi connectivity index (χ1) is 9.76. The van der Waals surface area contributed by atoms with E-state index in [2.05, 4.69) is 42.1 Å². The first-order valence-corrected chi connectivity index (χ1v) is 8.08. The van der Waals surface area contributed by atoms with E-state index >= 15 is 0 Å². The van der Waals surface area contributed by atoms with E-state index in [-0.39, 0.29) is 0 Å². The van der Waals surface area contributed by atoms with E-state index in [1.807, 2.05) is 12.1 Å². The van der Waals surface area contributed by atoms with Crippen LogP contribution in [-0.4, -0.2) is 13.7 Å². The summed E-state index contributed by atoms with van der Waals surface area (Å²) >= 11 is 1.78. The van der Waals surface area contributed by atoms with Gasteiger partial charge in [0.2, 0.25) is 0 Å². The van der Waals surface area contributed by atoms with Crippen molar-refractivity contribution in [3.63, 3.8) is 0 Å². The summed E-state index contributed by atoms with van der Waals surface area (Å²) in [6, 6.07) is 8.65. The van der Waals surface area contributed by atoms with Crippen molar-refractivity contribution in [2.45, 2.75) is 32.7 Å². The van der Waals surface area contributed by atoms with E-state index in [0.717, 1.165) is 25.1 Å². The second-order valence-corrected chi connectivity index (χ2v) is 5.78. The van der Waals surface area contributed by atoms with Gasteiger partial charge in [-0.25, -0.2) is 0 Å². The average molecular weight is 289 g/mol. The van der Waals surface area contributed by atoms with Gasteiger partial charge in [-0.15, -0.1) is 0 Å². The Kier molecular flexibility index (Phi) is 5.62. The molecule has 2 nitrogen and oxygen atoms in total. The highest BCUT2D eigenvalue weighted by atomic mass is 32.1. The molecule has 1 N–H and O–H groups in total. The molecule has 1 aromatic heterocycles. The maximum Gasteiger partial charge on any atom is 0.122 e. The molecule has 0 saturated heterocycles. The standard InChI is InChI=1S/C17H23NOS/c1-4-9-18-16(15-12-20-11-13(15)2)10-14-7-5-6-8-17(14)19-3/h5-8,11-12,16,18H,4,9-10H2,1-3H3. The quantitative estimate of drug-likeness (QED) is 0.818. The highest BCUT2D eigenvalue weighted by Crippen LogP contribution is 2.28.